The molecule has 0 saturated carbocycles. The molecule has 0 radical (unpaired) electrons. The fourth-order valence-electron chi connectivity index (χ4n) is 2.76. The summed E-state index contributed by atoms with van der Waals surface area (Å²) in [5.41, 5.74) is 0. The normalized spacial score (nSPS) is 29.7. The Morgan fingerprint density at radius 3 is 2.53 bits per heavy atom. The molecule has 17 heavy (non-hydrogen) atoms. The fourth-order valence-corrected chi connectivity index (χ4v) is 4.41. The van der Waals surface area contributed by atoms with E-state index in [9.17, 15) is 8.42 Å². The van der Waals surface area contributed by atoms with E-state index < -0.39 is 10.0 Å². The zero-order valence-corrected chi connectivity index (χ0v) is 10.5. The first-order valence-electron chi connectivity index (χ1n) is 5.78. The summed E-state index contributed by atoms with van der Waals surface area (Å²) in [4.78, 5) is 0. The third-order valence-corrected chi connectivity index (χ3v) is 5.64. The van der Waals surface area contributed by atoms with Gasteiger partial charge in [-0.3, -0.25) is 4.68 Å². The van der Waals surface area contributed by atoms with Gasteiger partial charge in [-0.2, -0.15) is 9.40 Å². The van der Waals surface area contributed by atoms with Crippen molar-refractivity contribution < 1.29 is 8.42 Å². The molecule has 2 unspecified atom stereocenters. The Bertz CT molecular complexity index is 512. The molecule has 1 aromatic rings. The van der Waals surface area contributed by atoms with Crippen LogP contribution in [-0.2, 0) is 17.1 Å². The molecule has 0 bridgehead atoms. The second-order valence-corrected chi connectivity index (χ2v) is 6.68. The van der Waals surface area contributed by atoms with Gasteiger partial charge in [-0.25, -0.2) is 8.42 Å². The monoisotopic (exact) mass is 256 g/mol. The van der Waals surface area contributed by atoms with Crippen LogP contribution in [0.3, 0.4) is 0 Å². The van der Waals surface area contributed by atoms with Gasteiger partial charge in [0, 0.05) is 20.1 Å². The van der Waals surface area contributed by atoms with Crippen LogP contribution in [0.2, 0.25) is 0 Å². The molecule has 2 fully saturated rings. The van der Waals surface area contributed by atoms with E-state index in [-0.39, 0.29) is 5.03 Å². The van der Waals surface area contributed by atoms with Crippen LogP contribution in [0.5, 0.6) is 0 Å². The van der Waals surface area contributed by atoms with Crippen LogP contribution in [-0.4, -0.2) is 48.7 Å². The Hall–Kier alpha value is -0.920. The van der Waals surface area contributed by atoms with Crippen molar-refractivity contribution in [2.24, 2.45) is 18.9 Å². The minimum atomic E-state index is -3.36. The summed E-state index contributed by atoms with van der Waals surface area (Å²) in [5.74, 6) is 0.941. The van der Waals surface area contributed by atoms with Gasteiger partial charge in [0.25, 0.3) is 10.0 Å². The molecule has 7 heteroatoms. The van der Waals surface area contributed by atoms with E-state index in [0.29, 0.717) is 24.9 Å². The lowest BCUT2D eigenvalue weighted by atomic mass is 10.0. The standard InChI is InChI=1S/C10H16N4O2S/c1-13-10(2-3-12-13)17(15,16)14-6-8-4-11-5-9(8)7-14/h2-3,8-9,11H,4-7H2,1H3. The first-order chi connectivity index (χ1) is 8.09. The van der Waals surface area contributed by atoms with Crippen LogP contribution < -0.4 is 5.32 Å². The molecular weight excluding hydrogens is 240 g/mol. The van der Waals surface area contributed by atoms with Crippen molar-refractivity contribution in [2.45, 2.75) is 5.03 Å². The number of sulfonamides is 1. The molecule has 2 atom stereocenters. The predicted molar refractivity (Wildman–Crippen MR) is 61.8 cm³/mol. The molecule has 0 spiro atoms. The summed E-state index contributed by atoms with van der Waals surface area (Å²) in [6, 6.07) is 1.56. The van der Waals surface area contributed by atoms with Gasteiger partial charge >= 0.3 is 0 Å². The van der Waals surface area contributed by atoms with Gasteiger partial charge in [0.2, 0.25) is 0 Å². The first-order valence-corrected chi connectivity index (χ1v) is 7.22. The smallest absolute Gasteiger partial charge is 0.260 e. The molecule has 2 aliphatic heterocycles. The van der Waals surface area contributed by atoms with Gasteiger partial charge in [0.15, 0.2) is 5.03 Å². The third-order valence-electron chi connectivity index (χ3n) is 3.74. The second-order valence-electron chi connectivity index (χ2n) is 4.79. The number of aryl methyl sites for hydroxylation is 1. The van der Waals surface area contributed by atoms with Crippen molar-refractivity contribution in [3.63, 3.8) is 0 Å². The van der Waals surface area contributed by atoms with Gasteiger partial charge < -0.3 is 5.32 Å². The lowest BCUT2D eigenvalue weighted by Crippen LogP contribution is -2.33. The summed E-state index contributed by atoms with van der Waals surface area (Å²) < 4.78 is 27.8. The molecule has 0 aliphatic carbocycles. The summed E-state index contributed by atoms with van der Waals surface area (Å²) >= 11 is 0. The first kappa shape index (κ1) is 11.2. The van der Waals surface area contributed by atoms with Crippen molar-refractivity contribution >= 4 is 10.0 Å². The molecule has 2 aliphatic rings. The number of nitrogens with zero attached hydrogens (tertiary/aromatic N) is 3. The largest absolute Gasteiger partial charge is 0.316 e. The van der Waals surface area contributed by atoms with Crippen molar-refractivity contribution in [3.8, 4) is 0 Å². The van der Waals surface area contributed by atoms with Gasteiger partial charge in [-0.15, -0.1) is 0 Å². The van der Waals surface area contributed by atoms with Crippen molar-refractivity contribution in [1.29, 1.82) is 0 Å². The summed E-state index contributed by atoms with van der Waals surface area (Å²) in [5, 5.41) is 7.51. The molecule has 0 aromatic carbocycles. The van der Waals surface area contributed by atoms with Crippen LogP contribution in [0.15, 0.2) is 17.3 Å². The Labute approximate surface area is 101 Å². The van der Waals surface area contributed by atoms with Crippen molar-refractivity contribution in [1.82, 2.24) is 19.4 Å². The number of nitrogens with one attached hydrogen (secondary N) is 1. The molecule has 1 aromatic heterocycles. The maximum atomic E-state index is 12.4. The molecule has 3 rings (SSSR count). The van der Waals surface area contributed by atoms with Crippen molar-refractivity contribution in [3.05, 3.63) is 12.3 Å². The average molecular weight is 256 g/mol. The Kier molecular flexibility index (Phi) is 2.49. The summed E-state index contributed by atoms with van der Waals surface area (Å²) in [6.45, 7) is 3.13. The van der Waals surface area contributed by atoms with E-state index in [2.05, 4.69) is 10.4 Å². The lowest BCUT2D eigenvalue weighted by molar-refractivity contribution is 0.440. The number of aromatic nitrogens is 2. The van der Waals surface area contributed by atoms with E-state index in [4.69, 9.17) is 0 Å². The minimum absolute atomic E-state index is 0.283. The van der Waals surface area contributed by atoms with Gasteiger partial charge in [0.05, 0.1) is 6.20 Å². The second kappa shape index (κ2) is 3.79. The highest BCUT2D eigenvalue weighted by molar-refractivity contribution is 7.89. The van der Waals surface area contributed by atoms with E-state index in [0.717, 1.165) is 13.1 Å². The summed E-state index contributed by atoms with van der Waals surface area (Å²) in [7, 11) is -1.70. The van der Waals surface area contributed by atoms with E-state index in [1.165, 1.54) is 10.9 Å². The lowest BCUT2D eigenvalue weighted by Gasteiger charge is -2.17. The number of rotatable bonds is 2. The topological polar surface area (TPSA) is 67.2 Å². The highest BCUT2D eigenvalue weighted by Gasteiger charge is 2.42. The van der Waals surface area contributed by atoms with Crippen LogP contribution in [0.25, 0.3) is 0 Å². The van der Waals surface area contributed by atoms with E-state index in [1.807, 2.05) is 0 Å². The average Bonchev–Trinajstić information content (AvgIpc) is 2.89. The van der Waals surface area contributed by atoms with Crippen LogP contribution in [0.4, 0.5) is 0 Å². The SMILES string of the molecule is Cn1nccc1S(=O)(=O)N1CC2CNCC2C1. The minimum Gasteiger partial charge on any atom is -0.316 e. The van der Waals surface area contributed by atoms with E-state index >= 15 is 0 Å². The van der Waals surface area contributed by atoms with Crippen LogP contribution in [0, 0.1) is 11.8 Å². The number of fused-ring (bicyclic) bond motifs is 1. The quantitative estimate of drug-likeness (QED) is 0.757. The maximum absolute atomic E-state index is 12.4. The molecule has 6 nitrogen and oxygen atoms in total. The molecular formula is C10H16N4O2S. The highest BCUT2D eigenvalue weighted by atomic mass is 32.2. The summed E-state index contributed by atoms with van der Waals surface area (Å²) in [6.07, 6.45) is 1.52. The Balaban J connectivity index is 1.88. The molecule has 3 heterocycles. The van der Waals surface area contributed by atoms with Crippen molar-refractivity contribution in [2.75, 3.05) is 26.2 Å². The van der Waals surface area contributed by atoms with Gasteiger partial charge in [-0.05, 0) is 31.0 Å². The highest BCUT2D eigenvalue weighted by Crippen LogP contribution is 2.30. The molecule has 0 amide bonds. The molecule has 1 N–H and O–H groups in total. The Morgan fingerprint density at radius 2 is 2.00 bits per heavy atom. The Morgan fingerprint density at radius 1 is 1.35 bits per heavy atom. The van der Waals surface area contributed by atoms with Crippen LogP contribution in [0.1, 0.15) is 0 Å². The van der Waals surface area contributed by atoms with E-state index in [1.54, 1.807) is 17.4 Å². The molecule has 2 saturated heterocycles. The zero-order chi connectivity index (χ0) is 12.0. The third kappa shape index (κ3) is 1.69. The zero-order valence-electron chi connectivity index (χ0n) is 9.70. The predicted octanol–water partition coefficient (Wildman–Crippen LogP) is -0.740. The number of hydrogen-bond acceptors (Lipinski definition) is 4. The molecule has 94 valence electrons. The fraction of sp³-hybridized carbons (Fsp3) is 0.700. The van der Waals surface area contributed by atoms with Gasteiger partial charge in [-0.1, -0.05) is 0 Å². The number of hydrogen-bond donors (Lipinski definition) is 1. The van der Waals surface area contributed by atoms with Crippen LogP contribution >= 0.6 is 0 Å². The maximum Gasteiger partial charge on any atom is 0.260 e. The van der Waals surface area contributed by atoms with Gasteiger partial charge in [0.1, 0.15) is 0 Å².